The van der Waals surface area contributed by atoms with Crippen LogP contribution < -0.4 is 0 Å². The predicted molar refractivity (Wildman–Crippen MR) is 48.7 cm³/mol. The minimum Gasteiger partial charge on any atom is -0.222 e. The van der Waals surface area contributed by atoms with E-state index >= 15 is 0 Å². The first-order valence-corrected chi connectivity index (χ1v) is 4.12. The summed E-state index contributed by atoms with van der Waals surface area (Å²) in [6.45, 7) is 1.68. The van der Waals surface area contributed by atoms with Crippen LogP contribution >= 0.6 is 34.8 Å². The van der Waals surface area contributed by atoms with Crippen molar-refractivity contribution in [1.82, 2.24) is 4.98 Å². The van der Waals surface area contributed by atoms with Crippen molar-refractivity contribution in [3.8, 4) is 6.07 Å². The van der Waals surface area contributed by atoms with Gasteiger partial charge >= 0.3 is 0 Å². The molecule has 1 heterocycles. The maximum absolute atomic E-state index is 8.56. The molecule has 0 aliphatic carbocycles. The van der Waals surface area contributed by atoms with E-state index in [0.717, 1.165) is 0 Å². The van der Waals surface area contributed by atoms with Crippen molar-refractivity contribution in [2.24, 2.45) is 0 Å². The van der Waals surface area contributed by atoms with Crippen molar-refractivity contribution >= 4 is 34.8 Å². The highest BCUT2D eigenvalue weighted by Gasteiger charge is 2.11. The van der Waals surface area contributed by atoms with Crippen LogP contribution in [0.2, 0.25) is 15.2 Å². The summed E-state index contributed by atoms with van der Waals surface area (Å²) in [5.41, 5.74) is 0.679. The fraction of sp³-hybridized carbons (Fsp3) is 0.143. The van der Waals surface area contributed by atoms with Crippen LogP contribution in [-0.2, 0) is 0 Å². The molecule has 0 amide bonds. The van der Waals surface area contributed by atoms with Gasteiger partial charge in [0.25, 0.3) is 0 Å². The molecule has 62 valence electrons. The van der Waals surface area contributed by atoms with Gasteiger partial charge in [0.2, 0.25) is 0 Å². The van der Waals surface area contributed by atoms with E-state index in [1.807, 2.05) is 6.07 Å². The Kier molecular flexibility index (Phi) is 2.79. The lowest BCUT2D eigenvalue weighted by Gasteiger charge is -2.02. The van der Waals surface area contributed by atoms with Crippen LogP contribution in [0.5, 0.6) is 0 Å². The van der Waals surface area contributed by atoms with Gasteiger partial charge < -0.3 is 0 Å². The molecule has 0 aromatic carbocycles. The highest BCUT2D eigenvalue weighted by molar-refractivity contribution is 6.43. The predicted octanol–water partition coefficient (Wildman–Crippen LogP) is 3.22. The molecule has 0 radical (unpaired) electrons. The molecular formula is C7H3Cl3N2. The zero-order chi connectivity index (χ0) is 9.30. The Balaban J connectivity index is 3.52. The van der Waals surface area contributed by atoms with E-state index in [1.54, 1.807) is 6.92 Å². The van der Waals surface area contributed by atoms with E-state index in [1.165, 1.54) is 0 Å². The van der Waals surface area contributed by atoms with E-state index in [4.69, 9.17) is 40.1 Å². The Bertz CT molecular complexity index is 368. The third kappa shape index (κ3) is 1.49. The molecule has 0 N–H and O–H groups in total. The van der Waals surface area contributed by atoms with Crippen LogP contribution in [0.25, 0.3) is 0 Å². The lowest BCUT2D eigenvalue weighted by atomic mass is 10.2. The van der Waals surface area contributed by atoms with Gasteiger partial charge in [-0.3, -0.25) is 0 Å². The third-order valence-corrected chi connectivity index (χ3v) is 2.66. The number of rotatable bonds is 0. The Morgan fingerprint density at radius 3 is 2.33 bits per heavy atom. The molecule has 1 aromatic heterocycles. The van der Waals surface area contributed by atoms with Gasteiger partial charge in [-0.05, 0) is 12.5 Å². The Morgan fingerprint density at radius 1 is 1.25 bits per heavy atom. The average molecular weight is 221 g/mol. The Hall–Kier alpha value is -0.490. The molecule has 0 saturated carbocycles. The molecule has 0 atom stereocenters. The number of aromatic nitrogens is 1. The molecule has 1 rings (SSSR count). The Morgan fingerprint density at radius 2 is 1.83 bits per heavy atom. The quantitative estimate of drug-likeness (QED) is 0.631. The van der Waals surface area contributed by atoms with E-state index in [0.29, 0.717) is 10.6 Å². The van der Waals surface area contributed by atoms with Crippen LogP contribution in [-0.4, -0.2) is 4.98 Å². The minimum atomic E-state index is 0.101. The van der Waals surface area contributed by atoms with Gasteiger partial charge in [-0.2, -0.15) is 5.26 Å². The summed E-state index contributed by atoms with van der Waals surface area (Å²) < 4.78 is 0. The van der Waals surface area contributed by atoms with Crippen LogP contribution in [0.3, 0.4) is 0 Å². The number of hydrogen-bond donors (Lipinski definition) is 0. The lowest BCUT2D eigenvalue weighted by Crippen LogP contribution is -1.90. The van der Waals surface area contributed by atoms with Gasteiger partial charge in [0.1, 0.15) is 11.2 Å². The minimum absolute atomic E-state index is 0.101. The van der Waals surface area contributed by atoms with E-state index in [2.05, 4.69) is 4.98 Å². The Labute approximate surface area is 84.7 Å². The summed E-state index contributed by atoms with van der Waals surface area (Å²) in [6, 6.07) is 1.82. The van der Waals surface area contributed by atoms with Gasteiger partial charge in [0.05, 0.1) is 10.0 Å². The fourth-order valence-corrected chi connectivity index (χ4v) is 1.29. The molecule has 0 bridgehead atoms. The van der Waals surface area contributed by atoms with E-state index in [-0.39, 0.29) is 15.9 Å². The summed E-state index contributed by atoms with van der Waals surface area (Å²) >= 11 is 17.1. The van der Waals surface area contributed by atoms with Crippen molar-refractivity contribution in [2.45, 2.75) is 6.92 Å². The number of nitriles is 1. The summed E-state index contributed by atoms with van der Waals surface area (Å²) in [5.74, 6) is 0. The van der Waals surface area contributed by atoms with Gasteiger partial charge in [-0.15, -0.1) is 0 Å². The smallest absolute Gasteiger partial charge is 0.161 e. The molecule has 12 heavy (non-hydrogen) atoms. The molecule has 0 aliphatic heterocycles. The topological polar surface area (TPSA) is 36.7 Å². The maximum Gasteiger partial charge on any atom is 0.161 e. The summed E-state index contributed by atoms with van der Waals surface area (Å²) in [4.78, 5) is 3.69. The molecule has 5 heteroatoms. The van der Waals surface area contributed by atoms with Crippen LogP contribution in [0, 0.1) is 18.3 Å². The normalized spacial score (nSPS) is 9.58. The zero-order valence-electron chi connectivity index (χ0n) is 6.03. The summed E-state index contributed by atoms with van der Waals surface area (Å²) in [6.07, 6.45) is 0. The van der Waals surface area contributed by atoms with Gasteiger partial charge in [-0.25, -0.2) is 4.98 Å². The largest absolute Gasteiger partial charge is 0.222 e. The molecule has 0 unspecified atom stereocenters. The first-order valence-electron chi connectivity index (χ1n) is 2.99. The first kappa shape index (κ1) is 9.60. The molecule has 1 aromatic rings. The number of hydrogen-bond acceptors (Lipinski definition) is 2. The van der Waals surface area contributed by atoms with Crippen molar-refractivity contribution in [3.05, 3.63) is 26.5 Å². The second-order valence-corrected chi connectivity index (χ2v) is 3.23. The van der Waals surface area contributed by atoms with Crippen molar-refractivity contribution < 1.29 is 0 Å². The standard InChI is InChI=1S/C7H3Cl3N2/c1-3-5(8)4(2-11)12-7(10)6(3)9/h1H3. The van der Waals surface area contributed by atoms with Crippen LogP contribution in [0.4, 0.5) is 0 Å². The molecule has 0 fully saturated rings. The monoisotopic (exact) mass is 220 g/mol. The second kappa shape index (κ2) is 3.49. The van der Waals surface area contributed by atoms with Crippen molar-refractivity contribution in [1.29, 1.82) is 5.26 Å². The molecule has 2 nitrogen and oxygen atoms in total. The van der Waals surface area contributed by atoms with Gasteiger partial charge in [0, 0.05) is 0 Å². The highest BCUT2D eigenvalue weighted by Crippen LogP contribution is 2.30. The van der Waals surface area contributed by atoms with E-state index in [9.17, 15) is 0 Å². The average Bonchev–Trinajstić information content (AvgIpc) is 2.08. The van der Waals surface area contributed by atoms with Gasteiger partial charge in [0.15, 0.2) is 5.69 Å². The number of halogens is 3. The molecular weight excluding hydrogens is 218 g/mol. The molecule has 0 aliphatic rings. The maximum atomic E-state index is 8.56. The number of pyridine rings is 1. The molecule has 0 spiro atoms. The zero-order valence-corrected chi connectivity index (χ0v) is 8.30. The third-order valence-electron chi connectivity index (χ3n) is 1.36. The lowest BCUT2D eigenvalue weighted by molar-refractivity contribution is 1.23. The SMILES string of the molecule is Cc1c(Cl)c(Cl)nc(C#N)c1Cl. The summed E-state index contributed by atoms with van der Waals surface area (Å²) in [5, 5.41) is 9.21. The first-order chi connectivity index (χ1) is 5.57. The second-order valence-electron chi connectivity index (χ2n) is 2.12. The highest BCUT2D eigenvalue weighted by atomic mass is 35.5. The van der Waals surface area contributed by atoms with Crippen molar-refractivity contribution in [3.63, 3.8) is 0 Å². The van der Waals surface area contributed by atoms with Crippen LogP contribution in [0.1, 0.15) is 11.3 Å². The fourth-order valence-electron chi connectivity index (χ4n) is 0.699. The number of nitrogens with zero attached hydrogens (tertiary/aromatic N) is 2. The summed E-state index contributed by atoms with van der Waals surface area (Å²) in [7, 11) is 0. The van der Waals surface area contributed by atoms with Crippen LogP contribution in [0.15, 0.2) is 0 Å². The van der Waals surface area contributed by atoms with Gasteiger partial charge in [-0.1, -0.05) is 34.8 Å². The molecule has 0 saturated heterocycles. The van der Waals surface area contributed by atoms with E-state index < -0.39 is 0 Å². The van der Waals surface area contributed by atoms with Crippen molar-refractivity contribution in [2.75, 3.05) is 0 Å².